The Labute approximate surface area is 381 Å². The molecule has 6 heteroatoms. The van der Waals surface area contributed by atoms with Crippen LogP contribution in [-0.2, 0) is 10.8 Å². The molecule has 13 rings (SSSR count). The van der Waals surface area contributed by atoms with E-state index in [4.69, 9.17) is 4.42 Å². The van der Waals surface area contributed by atoms with Gasteiger partial charge in [0.25, 0.3) is 0 Å². The van der Waals surface area contributed by atoms with Crippen LogP contribution in [0.15, 0.2) is 168 Å². The van der Waals surface area contributed by atoms with Crippen molar-refractivity contribution >= 4 is 120 Å². The second kappa shape index (κ2) is 13.5. The molecule has 0 unspecified atom stereocenters. The minimum Gasteiger partial charge on any atom is -0.455 e. The molecule has 0 bridgehead atoms. The van der Waals surface area contributed by atoms with E-state index in [9.17, 15) is 0 Å². The fourth-order valence-corrected chi connectivity index (χ4v) is 13.1. The van der Waals surface area contributed by atoms with Crippen LogP contribution in [0.2, 0.25) is 0 Å². The van der Waals surface area contributed by atoms with Crippen LogP contribution in [0.4, 0.5) is 27.8 Å². The number of hydrogen-bond acceptors (Lipinski definition) is 5. The van der Waals surface area contributed by atoms with E-state index < -0.39 is 0 Å². The van der Waals surface area contributed by atoms with Crippen molar-refractivity contribution in [3.63, 3.8) is 0 Å². The van der Waals surface area contributed by atoms with E-state index in [0.717, 1.165) is 21.9 Å². The van der Waals surface area contributed by atoms with Crippen molar-refractivity contribution in [1.29, 1.82) is 0 Å². The molecular formula is C58H45BN2OS2. The number of thiophene rings is 2. The third-order valence-electron chi connectivity index (χ3n) is 13.8. The summed E-state index contributed by atoms with van der Waals surface area (Å²) in [6.45, 7) is 13.7. The summed E-state index contributed by atoms with van der Waals surface area (Å²) in [4.78, 5) is 5.32. The Balaban J connectivity index is 1.23. The molecule has 0 amide bonds. The first-order chi connectivity index (χ1) is 31.0. The van der Waals surface area contributed by atoms with E-state index in [0.29, 0.717) is 0 Å². The highest BCUT2D eigenvalue weighted by molar-refractivity contribution is 7.27. The average molecular weight is 861 g/mol. The average Bonchev–Trinajstić information content (AvgIpc) is 4.00. The molecule has 3 nitrogen and oxygen atoms in total. The van der Waals surface area contributed by atoms with Crippen LogP contribution >= 0.6 is 22.7 Å². The van der Waals surface area contributed by atoms with Gasteiger partial charge in [-0.2, -0.15) is 0 Å². The number of para-hydroxylation sites is 1. The Kier molecular flexibility index (Phi) is 7.98. The fraction of sp³-hybridized carbons (Fsp3) is 0.138. The summed E-state index contributed by atoms with van der Waals surface area (Å²) in [5.74, 6) is 0. The van der Waals surface area contributed by atoms with Crippen molar-refractivity contribution in [3.8, 4) is 22.3 Å². The molecule has 8 aromatic carbocycles. The molecule has 0 atom stereocenters. The molecule has 0 N–H and O–H groups in total. The van der Waals surface area contributed by atoms with Gasteiger partial charge in [0.05, 0.1) is 21.1 Å². The van der Waals surface area contributed by atoms with Crippen LogP contribution in [-0.4, -0.2) is 6.85 Å². The second-order valence-electron chi connectivity index (χ2n) is 19.7. The lowest BCUT2D eigenvalue weighted by Crippen LogP contribution is -2.61. The molecule has 0 fully saturated rings. The van der Waals surface area contributed by atoms with Crippen LogP contribution in [0.5, 0.6) is 0 Å². The van der Waals surface area contributed by atoms with Crippen LogP contribution in [0, 0.1) is 0 Å². The maximum absolute atomic E-state index is 7.16. The van der Waals surface area contributed by atoms with Crippen LogP contribution < -0.4 is 20.6 Å². The zero-order chi connectivity index (χ0) is 43.2. The van der Waals surface area contributed by atoms with Crippen LogP contribution in [0.25, 0.3) is 74.5 Å². The summed E-state index contributed by atoms with van der Waals surface area (Å²) in [6.07, 6.45) is 0. The molecule has 2 aliphatic rings. The van der Waals surface area contributed by atoms with Gasteiger partial charge in [0.15, 0.2) is 0 Å². The number of hydrogen-bond donors (Lipinski definition) is 0. The smallest absolute Gasteiger partial charge is 0.334 e. The predicted molar refractivity (Wildman–Crippen MR) is 279 cm³/mol. The fourth-order valence-electron chi connectivity index (χ4n) is 10.6. The maximum atomic E-state index is 7.16. The Bertz CT molecular complexity index is 3710. The van der Waals surface area contributed by atoms with Gasteiger partial charge in [0, 0.05) is 59.0 Å². The lowest BCUT2D eigenvalue weighted by molar-refractivity contribution is 0.590. The lowest BCUT2D eigenvalue weighted by Gasteiger charge is -2.45. The highest BCUT2D eigenvalue weighted by atomic mass is 32.1. The largest absolute Gasteiger partial charge is 0.455 e. The molecule has 5 heterocycles. The van der Waals surface area contributed by atoms with Gasteiger partial charge in [-0.05, 0) is 92.4 Å². The Morgan fingerprint density at radius 1 is 0.500 bits per heavy atom. The van der Waals surface area contributed by atoms with E-state index in [-0.39, 0.29) is 17.7 Å². The Morgan fingerprint density at radius 2 is 1.16 bits per heavy atom. The van der Waals surface area contributed by atoms with E-state index in [2.05, 4.69) is 215 Å². The molecule has 0 spiro atoms. The van der Waals surface area contributed by atoms with E-state index >= 15 is 0 Å². The summed E-state index contributed by atoms with van der Waals surface area (Å²) in [7, 11) is 0. The van der Waals surface area contributed by atoms with Crippen LogP contribution in [0.1, 0.15) is 52.7 Å². The van der Waals surface area contributed by atoms with Gasteiger partial charge in [-0.15, -0.1) is 22.7 Å². The highest BCUT2D eigenvalue weighted by Gasteiger charge is 2.49. The summed E-state index contributed by atoms with van der Waals surface area (Å²) < 4.78 is 11.0. The molecule has 3 aromatic heterocycles. The van der Waals surface area contributed by atoms with Gasteiger partial charge in [-0.25, -0.2) is 0 Å². The van der Waals surface area contributed by atoms with Crippen molar-refractivity contribution in [3.05, 3.63) is 175 Å². The molecule has 11 aromatic rings. The first-order valence-electron chi connectivity index (χ1n) is 22.4. The van der Waals surface area contributed by atoms with Gasteiger partial charge >= 0.3 is 6.85 Å². The number of anilines is 5. The molecule has 0 aliphatic carbocycles. The number of fused-ring (bicyclic) bond motifs is 14. The van der Waals surface area contributed by atoms with Gasteiger partial charge in [-0.1, -0.05) is 157 Å². The second-order valence-corrected chi connectivity index (χ2v) is 21.7. The SMILES string of the molecule is CC(C)(C)c1ccc(N2B3c4c(cc5c(oc6ccccc65)c4-c4ccc5c(sc6ccccc65)c42)N(c2ccc(C(C)(C)C)cc2-c2ccccc2)c2sc4ccccc4c23)cc1. The van der Waals surface area contributed by atoms with Gasteiger partial charge in [0.2, 0.25) is 0 Å². The zero-order valence-corrected chi connectivity index (χ0v) is 38.4. The van der Waals surface area contributed by atoms with Gasteiger partial charge in [0.1, 0.15) is 11.2 Å². The topological polar surface area (TPSA) is 19.6 Å². The lowest BCUT2D eigenvalue weighted by atomic mass is 9.43. The number of rotatable bonds is 3. The normalized spacial score (nSPS) is 13.7. The highest BCUT2D eigenvalue weighted by Crippen LogP contribution is 2.56. The monoisotopic (exact) mass is 860 g/mol. The number of nitrogens with zero attached hydrogens (tertiary/aromatic N) is 2. The van der Waals surface area contributed by atoms with Crippen molar-refractivity contribution in [1.82, 2.24) is 0 Å². The van der Waals surface area contributed by atoms with Crippen molar-refractivity contribution in [2.45, 2.75) is 52.4 Å². The van der Waals surface area contributed by atoms with Gasteiger partial charge < -0.3 is 14.1 Å². The third-order valence-corrected chi connectivity index (χ3v) is 16.1. The number of benzene rings is 8. The Morgan fingerprint density at radius 3 is 1.91 bits per heavy atom. The molecule has 0 saturated heterocycles. The molecule has 0 saturated carbocycles. The minimum atomic E-state index is -0.164. The molecule has 0 radical (unpaired) electrons. The van der Waals surface area contributed by atoms with Gasteiger partial charge in [-0.3, -0.25) is 0 Å². The number of furan rings is 1. The van der Waals surface area contributed by atoms with Crippen molar-refractivity contribution in [2.24, 2.45) is 0 Å². The minimum absolute atomic E-state index is 0.0187. The third kappa shape index (κ3) is 5.39. The Hall–Kier alpha value is -6.60. The van der Waals surface area contributed by atoms with E-state index in [1.807, 2.05) is 22.7 Å². The van der Waals surface area contributed by atoms with Crippen molar-refractivity contribution in [2.75, 3.05) is 9.71 Å². The van der Waals surface area contributed by atoms with E-state index in [1.165, 1.54) is 102 Å². The first-order valence-corrected chi connectivity index (χ1v) is 24.0. The zero-order valence-electron chi connectivity index (χ0n) is 36.8. The molecule has 64 heavy (non-hydrogen) atoms. The summed E-state index contributed by atoms with van der Waals surface area (Å²) >= 11 is 3.82. The summed E-state index contributed by atoms with van der Waals surface area (Å²) in [5.41, 5.74) is 16.7. The quantitative estimate of drug-likeness (QED) is 0.165. The van der Waals surface area contributed by atoms with Crippen molar-refractivity contribution < 1.29 is 4.42 Å². The first kappa shape index (κ1) is 37.9. The summed E-state index contributed by atoms with van der Waals surface area (Å²) in [5, 5.41) is 7.39. The standard InChI is InChI=1S/C58H45BN2OS2/c1-57(2,3)35-24-27-37(28-25-35)61-53-42(30-29-40-39-19-11-14-22-48(39)63-55(40)53)50-52-46(33-44-38-18-10-13-21-47(38)62-54(44)50)60(56-51(59(52)61)41-20-12-15-23-49(41)64-56)45-31-26-36(58(4,5)6)32-43(45)34-16-8-7-9-17-34/h7-33H,1-6H3. The predicted octanol–water partition coefficient (Wildman–Crippen LogP) is 16.1. The maximum Gasteiger partial charge on any atom is 0.334 e. The summed E-state index contributed by atoms with van der Waals surface area (Å²) in [6, 6.07) is 61.4. The molecule has 308 valence electrons. The van der Waals surface area contributed by atoms with E-state index in [1.54, 1.807) is 0 Å². The molecular weight excluding hydrogens is 816 g/mol. The molecule has 2 aliphatic heterocycles. The van der Waals surface area contributed by atoms with Crippen LogP contribution in [0.3, 0.4) is 0 Å².